The zero-order valence-electron chi connectivity index (χ0n) is 14.4. The third kappa shape index (κ3) is 4.01. The van der Waals surface area contributed by atoms with Crippen LogP contribution in [0.4, 0.5) is 4.79 Å². The molecular weight excluding hydrogens is 276 g/mol. The van der Waals surface area contributed by atoms with Crippen LogP contribution in [0, 0.1) is 0 Å². The first kappa shape index (κ1) is 16.8. The van der Waals surface area contributed by atoms with E-state index < -0.39 is 0 Å². The number of hydrogen-bond donors (Lipinski definition) is 0. The van der Waals surface area contributed by atoms with E-state index in [1.807, 2.05) is 35.2 Å². The monoisotopic (exact) mass is 304 g/mol. The molecule has 0 N–H and O–H groups in total. The summed E-state index contributed by atoms with van der Waals surface area (Å²) < 4.78 is 5.49. The van der Waals surface area contributed by atoms with Crippen molar-refractivity contribution in [2.24, 2.45) is 0 Å². The molecule has 0 aliphatic carbocycles. The summed E-state index contributed by atoms with van der Waals surface area (Å²) in [7, 11) is 0. The highest BCUT2D eigenvalue weighted by Gasteiger charge is 2.40. The highest BCUT2D eigenvalue weighted by atomic mass is 16.6. The summed E-state index contributed by atoms with van der Waals surface area (Å²) in [5, 5.41) is 0. The maximum Gasteiger partial charge on any atom is 0.410 e. The summed E-state index contributed by atoms with van der Waals surface area (Å²) in [6, 6.07) is 9.80. The first-order valence-electron chi connectivity index (χ1n) is 7.93. The van der Waals surface area contributed by atoms with Gasteiger partial charge in [0.15, 0.2) is 0 Å². The lowest BCUT2D eigenvalue weighted by molar-refractivity contribution is -0.0206. The van der Waals surface area contributed by atoms with Gasteiger partial charge in [0, 0.05) is 25.2 Å². The largest absolute Gasteiger partial charge is 0.445 e. The number of rotatable bonds is 2. The molecule has 1 amide bonds. The number of hydrogen-bond acceptors (Lipinski definition) is 3. The van der Waals surface area contributed by atoms with Crippen LogP contribution in [0.5, 0.6) is 0 Å². The predicted octanol–water partition coefficient (Wildman–Crippen LogP) is 3.52. The molecule has 1 heterocycles. The van der Waals surface area contributed by atoms with Crippen molar-refractivity contribution in [2.75, 3.05) is 19.6 Å². The molecule has 0 aromatic heterocycles. The molecule has 2 rings (SSSR count). The van der Waals surface area contributed by atoms with Gasteiger partial charge in [0.05, 0.1) is 5.54 Å². The Hall–Kier alpha value is -1.55. The van der Waals surface area contributed by atoms with Gasteiger partial charge in [-0.3, -0.25) is 4.90 Å². The van der Waals surface area contributed by atoms with Crippen LogP contribution in [0.1, 0.15) is 40.2 Å². The zero-order chi connectivity index (χ0) is 16.4. The Labute approximate surface area is 134 Å². The molecule has 1 saturated heterocycles. The van der Waals surface area contributed by atoms with E-state index in [-0.39, 0.29) is 17.2 Å². The number of amides is 1. The van der Waals surface area contributed by atoms with Gasteiger partial charge >= 0.3 is 6.09 Å². The molecule has 1 aliphatic heterocycles. The van der Waals surface area contributed by atoms with Gasteiger partial charge in [-0.05, 0) is 40.2 Å². The van der Waals surface area contributed by atoms with E-state index in [1.165, 1.54) is 0 Å². The summed E-state index contributed by atoms with van der Waals surface area (Å²) in [6.45, 7) is 13.6. The van der Waals surface area contributed by atoms with Gasteiger partial charge in [-0.15, -0.1) is 0 Å². The lowest BCUT2D eigenvalue weighted by atomic mass is 9.94. The molecule has 1 fully saturated rings. The maximum absolute atomic E-state index is 12.4. The van der Waals surface area contributed by atoms with Crippen molar-refractivity contribution in [3.8, 4) is 0 Å². The average Bonchev–Trinajstić information content (AvgIpc) is 2.44. The van der Waals surface area contributed by atoms with Crippen molar-refractivity contribution < 1.29 is 9.53 Å². The van der Waals surface area contributed by atoms with E-state index in [1.54, 1.807) is 0 Å². The van der Waals surface area contributed by atoms with Crippen molar-refractivity contribution in [1.82, 2.24) is 9.80 Å². The Balaban J connectivity index is 1.96. The Morgan fingerprint density at radius 3 is 2.36 bits per heavy atom. The quantitative estimate of drug-likeness (QED) is 0.838. The topological polar surface area (TPSA) is 32.8 Å². The first-order chi connectivity index (χ1) is 10.2. The van der Waals surface area contributed by atoms with Crippen LogP contribution in [0.15, 0.2) is 30.3 Å². The Kier molecular flexibility index (Phi) is 4.81. The van der Waals surface area contributed by atoms with Gasteiger partial charge in [-0.1, -0.05) is 30.3 Å². The summed E-state index contributed by atoms with van der Waals surface area (Å²) in [5.74, 6) is 0. The fourth-order valence-electron chi connectivity index (χ4n) is 2.86. The lowest BCUT2D eigenvalue weighted by Crippen LogP contribution is -2.64. The van der Waals surface area contributed by atoms with Gasteiger partial charge in [-0.25, -0.2) is 4.79 Å². The van der Waals surface area contributed by atoms with Gasteiger partial charge in [0.1, 0.15) is 6.61 Å². The van der Waals surface area contributed by atoms with Crippen LogP contribution < -0.4 is 0 Å². The molecule has 1 aromatic rings. The molecule has 0 radical (unpaired) electrons. The number of benzene rings is 1. The van der Waals surface area contributed by atoms with E-state index in [0.717, 1.165) is 18.7 Å². The van der Waals surface area contributed by atoms with Crippen molar-refractivity contribution in [2.45, 2.75) is 52.3 Å². The molecule has 1 aliphatic rings. The summed E-state index contributed by atoms with van der Waals surface area (Å²) in [4.78, 5) is 16.7. The van der Waals surface area contributed by atoms with Crippen LogP contribution in [-0.2, 0) is 11.3 Å². The molecule has 1 aromatic carbocycles. The lowest BCUT2D eigenvalue weighted by Gasteiger charge is -2.50. The maximum atomic E-state index is 12.4. The van der Waals surface area contributed by atoms with Crippen molar-refractivity contribution in [1.29, 1.82) is 0 Å². The summed E-state index contributed by atoms with van der Waals surface area (Å²) in [6.07, 6.45) is -0.220. The molecule has 0 saturated carbocycles. The van der Waals surface area contributed by atoms with Gasteiger partial charge in [0.25, 0.3) is 0 Å². The SMILES string of the molecule is CC(C)(C)N1CCN(C(=O)OCc2ccccc2)C(C)(C)C1. The van der Waals surface area contributed by atoms with Crippen LogP contribution in [0.3, 0.4) is 0 Å². The smallest absolute Gasteiger partial charge is 0.410 e. The average molecular weight is 304 g/mol. The van der Waals surface area contributed by atoms with Crippen LogP contribution in [-0.4, -0.2) is 46.6 Å². The normalized spacial score (nSPS) is 19.0. The second kappa shape index (κ2) is 6.29. The summed E-state index contributed by atoms with van der Waals surface area (Å²) >= 11 is 0. The van der Waals surface area contributed by atoms with Crippen LogP contribution in [0.25, 0.3) is 0 Å². The van der Waals surface area contributed by atoms with Crippen molar-refractivity contribution in [3.05, 3.63) is 35.9 Å². The predicted molar refractivity (Wildman–Crippen MR) is 88.7 cm³/mol. The van der Waals surface area contributed by atoms with Crippen LogP contribution >= 0.6 is 0 Å². The zero-order valence-corrected chi connectivity index (χ0v) is 14.4. The molecule has 0 spiro atoms. The van der Waals surface area contributed by atoms with Gasteiger partial charge in [0.2, 0.25) is 0 Å². The van der Waals surface area contributed by atoms with E-state index in [0.29, 0.717) is 13.2 Å². The molecule has 122 valence electrons. The van der Waals surface area contributed by atoms with E-state index in [9.17, 15) is 4.79 Å². The third-order valence-corrected chi connectivity index (χ3v) is 4.28. The molecule has 22 heavy (non-hydrogen) atoms. The number of carbonyl (C=O) groups excluding carboxylic acids is 1. The first-order valence-corrected chi connectivity index (χ1v) is 7.93. The summed E-state index contributed by atoms with van der Waals surface area (Å²) in [5.41, 5.74) is 0.915. The van der Waals surface area contributed by atoms with Gasteiger partial charge < -0.3 is 9.64 Å². The number of carbonyl (C=O) groups is 1. The molecule has 4 nitrogen and oxygen atoms in total. The fraction of sp³-hybridized carbons (Fsp3) is 0.611. The second-order valence-corrected chi connectivity index (χ2v) is 7.60. The Bertz CT molecular complexity index is 506. The van der Waals surface area contributed by atoms with Crippen molar-refractivity contribution >= 4 is 6.09 Å². The Morgan fingerprint density at radius 1 is 1.18 bits per heavy atom. The number of ether oxygens (including phenoxy) is 1. The highest BCUT2D eigenvalue weighted by Crippen LogP contribution is 2.26. The molecule has 4 heteroatoms. The minimum absolute atomic E-state index is 0.122. The fourth-order valence-corrected chi connectivity index (χ4v) is 2.86. The third-order valence-electron chi connectivity index (χ3n) is 4.28. The molecule has 0 bridgehead atoms. The second-order valence-electron chi connectivity index (χ2n) is 7.60. The Morgan fingerprint density at radius 2 is 1.82 bits per heavy atom. The number of piperazine rings is 1. The van der Waals surface area contributed by atoms with E-state index in [4.69, 9.17) is 4.74 Å². The minimum Gasteiger partial charge on any atom is -0.445 e. The van der Waals surface area contributed by atoms with E-state index >= 15 is 0 Å². The number of nitrogens with zero attached hydrogens (tertiary/aromatic N) is 2. The highest BCUT2D eigenvalue weighted by molar-refractivity contribution is 5.69. The van der Waals surface area contributed by atoms with Crippen molar-refractivity contribution in [3.63, 3.8) is 0 Å². The minimum atomic E-state index is -0.223. The molecule has 0 atom stereocenters. The van der Waals surface area contributed by atoms with Crippen LogP contribution in [0.2, 0.25) is 0 Å². The standard InChI is InChI=1S/C18H28N2O2/c1-17(2,3)19-11-12-20(18(4,5)14-19)16(21)22-13-15-9-7-6-8-10-15/h6-10H,11-14H2,1-5H3. The molecule has 0 unspecified atom stereocenters. The van der Waals surface area contributed by atoms with Gasteiger partial charge in [-0.2, -0.15) is 0 Å². The van der Waals surface area contributed by atoms with E-state index in [2.05, 4.69) is 39.5 Å². The molecular formula is C18H28N2O2.